The van der Waals surface area contributed by atoms with E-state index in [-0.39, 0.29) is 18.3 Å². The van der Waals surface area contributed by atoms with E-state index in [9.17, 15) is 19.4 Å². The van der Waals surface area contributed by atoms with Gasteiger partial charge >= 0.3 is 0 Å². The van der Waals surface area contributed by atoms with Crippen LogP contribution in [-0.2, 0) is 26.7 Å². The maximum atomic E-state index is 13.2. The lowest BCUT2D eigenvalue weighted by Gasteiger charge is -2.19. The molecule has 168 valence electrons. The summed E-state index contributed by atoms with van der Waals surface area (Å²) in [5.74, 6) is -0.368. The number of nitriles is 1. The monoisotopic (exact) mass is 461 g/mol. The van der Waals surface area contributed by atoms with E-state index >= 15 is 0 Å². The van der Waals surface area contributed by atoms with Crippen molar-refractivity contribution >= 4 is 27.2 Å². The van der Waals surface area contributed by atoms with Gasteiger partial charge in [-0.15, -0.1) is 15.7 Å². The van der Waals surface area contributed by atoms with Gasteiger partial charge in [0, 0.05) is 4.88 Å². The summed E-state index contributed by atoms with van der Waals surface area (Å²) in [6, 6.07) is 7.52. The van der Waals surface area contributed by atoms with Gasteiger partial charge in [-0.1, -0.05) is 27.7 Å². The zero-order valence-corrected chi connectivity index (χ0v) is 20.8. The van der Waals surface area contributed by atoms with Gasteiger partial charge in [0.25, 0.3) is 5.91 Å². The Labute approximate surface area is 189 Å². The Morgan fingerprint density at radius 3 is 2.13 bits per heavy atom. The lowest BCUT2D eigenvalue weighted by atomic mass is 9.85. The maximum absolute atomic E-state index is 13.2. The molecule has 3 N–H and O–H groups in total. The molecule has 1 heterocycles. The molecule has 0 radical (unpaired) electrons. The second-order valence-electron chi connectivity index (χ2n) is 8.93. The van der Waals surface area contributed by atoms with Crippen LogP contribution in [0, 0.1) is 18.3 Å². The quantitative estimate of drug-likeness (QED) is 0.638. The highest BCUT2D eigenvalue weighted by Gasteiger charge is 2.25. The molecule has 0 saturated heterocycles. The summed E-state index contributed by atoms with van der Waals surface area (Å²) in [5.41, 5.74) is 2.71. The molecular weight excluding hydrogens is 430 g/mol. The number of aliphatic hydroxyl groups is 1. The Bertz CT molecular complexity index is 1130. The first-order valence-corrected chi connectivity index (χ1v) is 12.5. The molecule has 0 fully saturated rings. The first-order chi connectivity index (χ1) is 14.2. The van der Waals surface area contributed by atoms with Gasteiger partial charge in [0.15, 0.2) is 9.92 Å². The lowest BCUT2D eigenvalue weighted by molar-refractivity contribution is -0.117. The van der Waals surface area contributed by atoms with Crippen LogP contribution in [0.25, 0.3) is 0 Å². The Morgan fingerprint density at radius 1 is 1.23 bits per heavy atom. The van der Waals surface area contributed by atoms with Crippen molar-refractivity contribution < 1.29 is 14.1 Å². The number of hydrogen-bond acceptors (Lipinski definition) is 5. The highest BCUT2D eigenvalue weighted by atomic mass is 32.2. The molecule has 0 aliphatic heterocycles. The maximum Gasteiger partial charge on any atom is 0.259 e. The number of aryl methyl sites for hydroxylation is 1. The second kappa shape index (κ2) is 9.21. The first kappa shape index (κ1) is 25.2. The van der Waals surface area contributed by atoms with Crippen LogP contribution in [0.3, 0.4) is 0 Å². The van der Waals surface area contributed by atoms with E-state index in [1.807, 2.05) is 27.7 Å². The average molecular weight is 462 g/mol. The number of carbonyl (C=O) groups is 1. The van der Waals surface area contributed by atoms with Crippen LogP contribution in [0.1, 0.15) is 86.1 Å². The van der Waals surface area contributed by atoms with Gasteiger partial charge < -0.3 is 5.11 Å². The number of benzene rings is 1. The average Bonchev–Trinajstić information content (AvgIpc) is 3.04. The molecule has 2 aromatic rings. The van der Waals surface area contributed by atoms with Crippen LogP contribution in [0.15, 0.2) is 26.8 Å². The third-order valence-corrected chi connectivity index (χ3v) is 8.64. The zero-order valence-electron chi connectivity index (χ0n) is 19.1. The summed E-state index contributed by atoms with van der Waals surface area (Å²) >= 11 is 1.11. The Hall–Kier alpha value is -2.05. The summed E-state index contributed by atoms with van der Waals surface area (Å²) in [5, 5.41) is 25.6. The molecule has 8 heteroatoms. The molecule has 2 rings (SSSR count). The minimum atomic E-state index is -3.45. The number of carbonyl (C=O) groups excluding carboxylic acids is 1. The molecule has 1 unspecified atom stereocenters. The fraction of sp³-hybridized carbons (Fsp3) is 0.478. The van der Waals surface area contributed by atoms with Crippen molar-refractivity contribution in [3.63, 3.8) is 0 Å². The van der Waals surface area contributed by atoms with Gasteiger partial charge in [-0.2, -0.15) is 5.26 Å². The van der Waals surface area contributed by atoms with Crippen molar-refractivity contribution in [1.29, 1.82) is 5.26 Å². The number of nitrogens with zero attached hydrogens (tertiary/aromatic N) is 2. The predicted octanol–water partition coefficient (Wildman–Crippen LogP) is 4.87. The Morgan fingerprint density at radius 2 is 1.74 bits per heavy atom. The smallest absolute Gasteiger partial charge is 0.259 e. The molecule has 0 bridgehead atoms. The van der Waals surface area contributed by atoms with Crippen LogP contribution in [-0.4, -0.2) is 15.2 Å². The molecule has 1 atom stereocenters. The number of rotatable bonds is 6. The number of hydrogen-bond donors (Lipinski definition) is 2. The van der Waals surface area contributed by atoms with Gasteiger partial charge in [0.1, 0.15) is 4.21 Å². The summed E-state index contributed by atoms with van der Waals surface area (Å²) < 4.78 is 17.4. The van der Waals surface area contributed by atoms with Crippen LogP contribution >= 0.6 is 11.3 Å². The second-order valence-corrected chi connectivity index (χ2v) is 12.0. The number of thiophene rings is 1. The molecule has 1 aromatic heterocycles. The zero-order chi connectivity index (χ0) is 23.7. The highest BCUT2D eigenvalue weighted by molar-refractivity contribution is 7.93. The fourth-order valence-corrected chi connectivity index (χ4v) is 6.18. The third-order valence-electron chi connectivity index (χ3n) is 5.00. The minimum Gasteiger partial charge on any atom is -0.385 e. The van der Waals surface area contributed by atoms with Crippen molar-refractivity contribution in [2.45, 2.75) is 76.5 Å². The largest absolute Gasteiger partial charge is 0.385 e. The highest BCUT2D eigenvalue weighted by Crippen LogP contribution is 2.34. The van der Waals surface area contributed by atoms with E-state index in [2.05, 4.69) is 10.4 Å². The summed E-state index contributed by atoms with van der Waals surface area (Å²) in [6.45, 7) is 13.0. The Balaban J connectivity index is 2.53. The van der Waals surface area contributed by atoms with Crippen LogP contribution in [0.5, 0.6) is 0 Å². The lowest BCUT2D eigenvalue weighted by Crippen LogP contribution is -2.17. The van der Waals surface area contributed by atoms with Gasteiger partial charge in [-0.25, -0.2) is 9.35 Å². The van der Waals surface area contributed by atoms with E-state index in [0.29, 0.717) is 20.2 Å². The molecule has 31 heavy (non-hydrogen) atoms. The van der Waals surface area contributed by atoms with Crippen LogP contribution in [0.2, 0.25) is 0 Å². The summed E-state index contributed by atoms with van der Waals surface area (Å²) in [6.07, 6.45) is -0.0380. The fourth-order valence-electron chi connectivity index (χ4n) is 3.45. The summed E-state index contributed by atoms with van der Waals surface area (Å²) in [7, 11) is -3.45. The normalized spacial score (nSPS) is 13.9. The molecule has 0 saturated carbocycles. The standard InChI is InChI=1S/C23H31N3O3S2/c1-13(2)17-9-16(12-24)10-18(14(3)4)19(17)11-21(27)26-31(25,29)22-15(5)8-20(30-22)23(6,7)28/h8-10,13-14,28H,11H2,1-7H3,(H2,25,26,27,29). The van der Waals surface area contributed by atoms with Crippen molar-refractivity contribution in [1.82, 2.24) is 0 Å². The number of nitrogens with two attached hydrogens (primary N) is 1. The van der Waals surface area contributed by atoms with E-state index in [0.717, 1.165) is 28.0 Å². The van der Waals surface area contributed by atoms with Crippen molar-refractivity contribution in [3.05, 3.63) is 50.9 Å². The van der Waals surface area contributed by atoms with E-state index < -0.39 is 21.4 Å². The molecule has 0 aliphatic carbocycles. The number of amides is 1. The molecule has 6 nitrogen and oxygen atoms in total. The van der Waals surface area contributed by atoms with Gasteiger partial charge in [0.2, 0.25) is 0 Å². The molecule has 0 aliphatic rings. The molecule has 1 amide bonds. The SMILES string of the molecule is Cc1cc(C(C)(C)O)sc1S(N)(=O)=NC(=O)Cc1c(C(C)C)cc(C#N)cc1C(C)C. The molecular formula is C23H31N3O3S2. The summed E-state index contributed by atoms with van der Waals surface area (Å²) in [4.78, 5) is 13.5. The van der Waals surface area contributed by atoms with Crippen molar-refractivity contribution in [3.8, 4) is 6.07 Å². The van der Waals surface area contributed by atoms with Gasteiger partial charge in [0.05, 0.1) is 23.7 Å². The van der Waals surface area contributed by atoms with Crippen molar-refractivity contribution in [2.24, 2.45) is 9.50 Å². The predicted molar refractivity (Wildman–Crippen MR) is 125 cm³/mol. The van der Waals surface area contributed by atoms with Crippen LogP contribution < -0.4 is 5.14 Å². The topological polar surface area (TPSA) is 117 Å². The first-order valence-electron chi connectivity index (χ1n) is 10.1. The minimum absolute atomic E-state index is 0.0380. The molecule has 1 aromatic carbocycles. The van der Waals surface area contributed by atoms with Crippen molar-refractivity contribution in [2.75, 3.05) is 0 Å². The van der Waals surface area contributed by atoms with Gasteiger partial charge in [-0.3, -0.25) is 4.79 Å². The molecule has 0 spiro atoms. The Kier molecular flexibility index (Phi) is 7.49. The van der Waals surface area contributed by atoms with E-state index in [1.54, 1.807) is 39.0 Å². The van der Waals surface area contributed by atoms with Crippen LogP contribution in [0.4, 0.5) is 0 Å². The van der Waals surface area contributed by atoms with E-state index in [4.69, 9.17) is 5.14 Å². The van der Waals surface area contributed by atoms with E-state index in [1.165, 1.54) is 0 Å². The third kappa shape index (κ3) is 5.80. The van der Waals surface area contributed by atoms with Gasteiger partial charge in [-0.05, 0) is 73.1 Å².